The van der Waals surface area contributed by atoms with Gasteiger partial charge in [-0.25, -0.2) is 9.59 Å². The summed E-state index contributed by atoms with van der Waals surface area (Å²) < 4.78 is 9.97. The lowest BCUT2D eigenvalue weighted by Gasteiger charge is -2.15. The molecule has 4 amide bonds. The molecule has 0 spiro atoms. The van der Waals surface area contributed by atoms with Crippen LogP contribution in [-0.4, -0.2) is 49.0 Å². The third kappa shape index (κ3) is 6.30. The fourth-order valence-corrected chi connectivity index (χ4v) is 3.05. The zero-order chi connectivity index (χ0) is 22.2. The van der Waals surface area contributed by atoms with Gasteiger partial charge in [-0.2, -0.15) is 0 Å². The molecule has 2 aromatic rings. The highest BCUT2D eigenvalue weighted by molar-refractivity contribution is 6.02. The Bertz CT molecular complexity index is 956. The number of amides is 4. The number of esters is 1. The summed E-state index contributed by atoms with van der Waals surface area (Å²) in [6.45, 7) is 0.641. The molecule has 1 saturated heterocycles. The first kappa shape index (κ1) is 21.8. The molecule has 2 aromatic carbocycles. The van der Waals surface area contributed by atoms with Crippen molar-refractivity contribution in [2.75, 3.05) is 25.6 Å². The van der Waals surface area contributed by atoms with E-state index in [0.29, 0.717) is 24.4 Å². The van der Waals surface area contributed by atoms with Crippen LogP contribution in [0.3, 0.4) is 0 Å². The normalized spacial score (nSPS) is 12.9. The molecule has 0 saturated carbocycles. The molecule has 1 heterocycles. The van der Waals surface area contributed by atoms with E-state index in [2.05, 4.69) is 10.6 Å². The predicted octanol–water partition coefficient (Wildman–Crippen LogP) is 2.32. The van der Waals surface area contributed by atoms with Crippen molar-refractivity contribution in [3.05, 3.63) is 59.7 Å². The maximum absolute atomic E-state index is 12.1. The number of carbonyl (C=O) groups is 4. The second-order valence-electron chi connectivity index (χ2n) is 6.92. The molecule has 2 N–H and O–H groups in total. The van der Waals surface area contributed by atoms with E-state index >= 15 is 0 Å². The van der Waals surface area contributed by atoms with Crippen molar-refractivity contribution in [1.29, 1.82) is 0 Å². The van der Waals surface area contributed by atoms with E-state index in [1.54, 1.807) is 53.4 Å². The number of imide groups is 1. The second kappa shape index (κ2) is 10.2. The summed E-state index contributed by atoms with van der Waals surface area (Å²) >= 11 is 0. The lowest BCUT2D eigenvalue weighted by molar-refractivity contribution is -0.128. The van der Waals surface area contributed by atoms with E-state index in [0.717, 1.165) is 18.5 Å². The van der Waals surface area contributed by atoms with Gasteiger partial charge in [0.15, 0.2) is 6.61 Å². The first-order chi connectivity index (χ1) is 14.9. The summed E-state index contributed by atoms with van der Waals surface area (Å²) in [7, 11) is 1.53. The molecule has 31 heavy (non-hydrogen) atoms. The molecular formula is C22H23N3O6. The molecule has 0 aliphatic carbocycles. The number of rotatable bonds is 7. The number of benzene rings is 2. The van der Waals surface area contributed by atoms with Crippen LogP contribution in [0.15, 0.2) is 48.5 Å². The highest BCUT2D eigenvalue weighted by Gasteiger charge is 2.20. The van der Waals surface area contributed by atoms with Crippen molar-refractivity contribution in [1.82, 2.24) is 10.2 Å². The molecule has 3 rings (SSSR count). The number of hydrogen-bond acceptors (Lipinski definition) is 6. The van der Waals surface area contributed by atoms with E-state index in [1.165, 1.54) is 7.11 Å². The van der Waals surface area contributed by atoms with Crippen LogP contribution in [0.1, 0.15) is 28.8 Å². The molecule has 9 nitrogen and oxygen atoms in total. The van der Waals surface area contributed by atoms with E-state index in [1.807, 2.05) is 0 Å². The molecule has 162 valence electrons. The average molecular weight is 425 g/mol. The number of anilines is 1. The standard InChI is InChI=1S/C22H23N3O6/c1-30-18-10-8-17(9-11-18)23-22(29)24-19(26)14-31-21(28)16-6-4-15(5-7-16)13-25-12-2-3-20(25)27/h4-11H,2-3,12-14H2,1H3,(H2,23,24,26,29). The summed E-state index contributed by atoms with van der Waals surface area (Å²) in [4.78, 5) is 49.3. The molecule has 0 bridgehead atoms. The Hall–Kier alpha value is -3.88. The zero-order valence-electron chi connectivity index (χ0n) is 17.1. The maximum Gasteiger partial charge on any atom is 0.338 e. The molecule has 0 unspecified atom stereocenters. The van der Waals surface area contributed by atoms with Crippen LogP contribution in [0.2, 0.25) is 0 Å². The Morgan fingerprint density at radius 1 is 1.03 bits per heavy atom. The Labute approximate surface area is 179 Å². The smallest absolute Gasteiger partial charge is 0.338 e. The van der Waals surface area contributed by atoms with Crippen molar-refractivity contribution < 1.29 is 28.7 Å². The van der Waals surface area contributed by atoms with Gasteiger partial charge in [0.05, 0.1) is 12.7 Å². The minimum Gasteiger partial charge on any atom is -0.497 e. The highest BCUT2D eigenvalue weighted by Crippen LogP contribution is 2.16. The molecule has 9 heteroatoms. The molecule has 1 aliphatic heterocycles. The van der Waals surface area contributed by atoms with Crippen molar-refractivity contribution >= 4 is 29.5 Å². The summed E-state index contributed by atoms with van der Waals surface area (Å²) in [6.07, 6.45) is 1.44. The third-order valence-corrected chi connectivity index (χ3v) is 4.67. The van der Waals surface area contributed by atoms with Crippen LogP contribution in [-0.2, 0) is 20.9 Å². The van der Waals surface area contributed by atoms with E-state index in [-0.39, 0.29) is 11.5 Å². The average Bonchev–Trinajstić information content (AvgIpc) is 3.17. The van der Waals surface area contributed by atoms with Gasteiger partial charge in [0.1, 0.15) is 5.75 Å². The van der Waals surface area contributed by atoms with Crippen LogP contribution in [0.5, 0.6) is 5.75 Å². The minimum atomic E-state index is -0.761. The number of nitrogens with zero attached hydrogens (tertiary/aromatic N) is 1. The molecule has 1 aliphatic rings. The molecule has 0 atom stereocenters. The first-order valence-corrected chi connectivity index (χ1v) is 9.73. The molecule has 0 aromatic heterocycles. The van der Waals surface area contributed by atoms with Crippen LogP contribution < -0.4 is 15.4 Å². The van der Waals surface area contributed by atoms with Crippen LogP contribution in [0, 0.1) is 0 Å². The monoisotopic (exact) mass is 425 g/mol. The maximum atomic E-state index is 12.1. The van der Waals surface area contributed by atoms with Crippen molar-refractivity contribution in [2.45, 2.75) is 19.4 Å². The van der Waals surface area contributed by atoms with Gasteiger partial charge in [0.2, 0.25) is 5.91 Å². The van der Waals surface area contributed by atoms with Gasteiger partial charge in [0.25, 0.3) is 5.91 Å². The number of hydrogen-bond donors (Lipinski definition) is 2. The molecule has 1 fully saturated rings. The van der Waals surface area contributed by atoms with Crippen LogP contribution >= 0.6 is 0 Å². The fraction of sp³-hybridized carbons (Fsp3) is 0.273. The van der Waals surface area contributed by atoms with Gasteiger partial charge in [-0.1, -0.05) is 12.1 Å². The zero-order valence-corrected chi connectivity index (χ0v) is 17.1. The van der Waals surface area contributed by atoms with Gasteiger partial charge in [-0.3, -0.25) is 14.9 Å². The van der Waals surface area contributed by atoms with Gasteiger partial charge in [-0.05, 0) is 48.4 Å². The summed E-state index contributed by atoms with van der Waals surface area (Å²) in [5.41, 5.74) is 1.64. The minimum absolute atomic E-state index is 0.130. The van der Waals surface area contributed by atoms with Crippen LogP contribution in [0.4, 0.5) is 10.5 Å². The number of carbonyl (C=O) groups excluding carboxylic acids is 4. The molecular weight excluding hydrogens is 402 g/mol. The summed E-state index contributed by atoms with van der Waals surface area (Å²) in [5.74, 6) is -0.685. The van der Waals surface area contributed by atoms with Crippen LogP contribution in [0.25, 0.3) is 0 Å². The van der Waals surface area contributed by atoms with Crippen molar-refractivity contribution in [2.24, 2.45) is 0 Å². The number of ether oxygens (including phenoxy) is 2. The summed E-state index contributed by atoms with van der Waals surface area (Å²) in [6, 6.07) is 12.4. The SMILES string of the molecule is COc1ccc(NC(=O)NC(=O)COC(=O)c2ccc(CN3CCCC3=O)cc2)cc1. The Morgan fingerprint density at radius 3 is 2.35 bits per heavy atom. The Kier molecular flexibility index (Phi) is 7.21. The topological polar surface area (TPSA) is 114 Å². The van der Waals surface area contributed by atoms with E-state index in [4.69, 9.17) is 9.47 Å². The van der Waals surface area contributed by atoms with E-state index < -0.39 is 24.5 Å². The number of likely N-dealkylation sites (tertiary alicyclic amines) is 1. The Balaban J connectivity index is 1.42. The van der Waals surface area contributed by atoms with Crippen molar-refractivity contribution in [3.8, 4) is 5.75 Å². The third-order valence-electron chi connectivity index (χ3n) is 4.67. The number of nitrogens with one attached hydrogen (secondary N) is 2. The van der Waals surface area contributed by atoms with Gasteiger partial charge >= 0.3 is 12.0 Å². The molecule has 0 radical (unpaired) electrons. The van der Waals surface area contributed by atoms with Gasteiger partial charge in [0, 0.05) is 25.2 Å². The van der Waals surface area contributed by atoms with E-state index in [9.17, 15) is 19.2 Å². The lowest BCUT2D eigenvalue weighted by atomic mass is 10.1. The second-order valence-corrected chi connectivity index (χ2v) is 6.92. The summed E-state index contributed by atoms with van der Waals surface area (Å²) in [5, 5.41) is 4.57. The van der Waals surface area contributed by atoms with Gasteiger partial charge in [-0.15, -0.1) is 0 Å². The van der Waals surface area contributed by atoms with Crippen molar-refractivity contribution in [3.63, 3.8) is 0 Å². The first-order valence-electron chi connectivity index (χ1n) is 9.73. The highest BCUT2D eigenvalue weighted by atomic mass is 16.5. The fourth-order valence-electron chi connectivity index (χ4n) is 3.05. The van der Waals surface area contributed by atoms with Gasteiger partial charge < -0.3 is 19.7 Å². The predicted molar refractivity (Wildman–Crippen MR) is 112 cm³/mol. The number of urea groups is 1. The number of methoxy groups -OCH3 is 1. The largest absolute Gasteiger partial charge is 0.497 e. The Morgan fingerprint density at radius 2 is 1.74 bits per heavy atom. The quantitative estimate of drug-likeness (QED) is 0.658. The lowest BCUT2D eigenvalue weighted by Crippen LogP contribution is -2.37.